The predicted octanol–water partition coefficient (Wildman–Crippen LogP) is 2.18. The second kappa shape index (κ2) is 7.32. The zero-order valence-corrected chi connectivity index (χ0v) is 14.5. The van der Waals surface area contributed by atoms with Crippen LogP contribution in [0, 0.1) is 0 Å². The van der Waals surface area contributed by atoms with E-state index in [-0.39, 0.29) is 5.91 Å². The van der Waals surface area contributed by atoms with E-state index in [0.29, 0.717) is 40.2 Å². The lowest BCUT2D eigenvalue weighted by Gasteiger charge is -2.12. The SMILES string of the molecule is CCCN1C(=O)C(=Cc2cc(OC)c(OC)cc2OC)NC1=S. The van der Waals surface area contributed by atoms with Gasteiger partial charge in [-0.15, -0.1) is 0 Å². The minimum Gasteiger partial charge on any atom is -0.496 e. The zero-order valence-electron chi connectivity index (χ0n) is 13.6. The molecule has 23 heavy (non-hydrogen) atoms. The number of methoxy groups -OCH3 is 3. The van der Waals surface area contributed by atoms with E-state index in [4.69, 9.17) is 26.4 Å². The highest BCUT2D eigenvalue weighted by Gasteiger charge is 2.30. The summed E-state index contributed by atoms with van der Waals surface area (Å²) in [5.74, 6) is 1.54. The van der Waals surface area contributed by atoms with Crippen molar-refractivity contribution in [3.63, 3.8) is 0 Å². The van der Waals surface area contributed by atoms with Crippen molar-refractivity contribution in [1.29, 1.82) is 0 Å². The van der Waals surface area contributed by atoms with Crippen LogP contribution < -0.4 is 19.5 Å². The van der Waals surface area contributed by atoms with Gasteiger partial charge in [-0.05, 0) is 30.8 Å². The van der Waals surface area contributed by atoms with Crippen LogP contribution in [0.25, 0.3) is 6.08 Å². The van der Waals surface area contributed by atoms with Gasteiger partial charge in [0.15, 0.2) is 16.6 Å². The van der Waals surface area contributed by atoms with E-state index in [0.717, 1.165) is 6.42 Å². The predicted molar refractivity (Wildman–Crippen MR) is 91.8 cm³/mol. The normalized spacial score (nSPS) is 15.8. The number of benzene rings is 1. The highest BCUT2D eigenvalue weighted by Crippen LogP contribution is 2.35. The zero-order chi connectivity index (χ0) is 17.0. The summed E-state index contributed by atoms with van der Waals surface area (Å²) in [6.07, 6.45) is 2.53. The van der Waals surface area contributed by atoms with Gasteiger partial charge in [0.05, 0.1) is 21.3 Å². The summed E-state index contributed by atoms with van der Waals surface area (Å²) in [5.41, 5.74) is 1.11. The molecule has 0 aromatic heterocycles. The third-order valence-corrected chi connectivity index (χ3v) is 3.77. The highest BCUT2D eigenvalue weighted by atomic mass is 32.1. The van der Waals surface area contributed by atoms with Crippen molar-refractivity contribution in [2.75, 3.05) is 27.9 Å². The van der Waals surface area contributed by atoms with Crippen LogP contribution in [0.2, 0.25) is 0 Å². The lowest BCUT2D eigenvalue weighted by atomic mass is 10.1. The summed E-state index contributed by atoms with van der Waals surface area (Å²) >= 11 is 5.20. The van der Waals surface area contributed by atoms with Crippen LogP contribution >= 0.6 is 12.2 Å². The molecule has 0 saturated carbocycles. The first-order chi connectivity index (χ1) is 11.0. The van der Waals surface area contributed by atoms with Crippen molar-refractivity contribution in [1.82, 2.24) is 10.2 Å². The van der Waals surface area contributed by atoms with Crippen molar-refractivity contribution >= 4 is 29.3 Å². The highest BCUT2D eigenvalue weighted by molar-refractivity contribution is 7.80. The smallest absolute Gasteiger partial charge is 0.276 e. The third-order valence-electron chi connectivity index (χ3n) is 3.45. The molecule has 1 aromatic rings. The van der Waals surface area contributed by atoms with Gasteiger partial charge >= 0.3 is 0 Å². The van der Waals surface area contributed by atoms with Gasteiger partial charge in [-0.25, -0.2) is 0 Å². The fourth-order valence-corrected chi connectivity index (χ4v) is 2.60. The van der Waals surface area contributed by atoms with Crippen LogP contribution in [0.4, 0.5) is 0 Å². The van der Waals surface area contributed by atoms with Gasteiger partial charge < -0.3 is 19.5 Å². The number of amides is 1. The standard InChI is InChI=1S/C16H20N2O4S/c1-5-6-18-15(19)11(17-16(18)23)7-10-8-13(21-3)14(22-4)9-12(10)20-2/h7-9H,5-6H2,1-4H3,(H,17,23). The van der Waals surface area contributed by atoms with Gasteiger partial charge in [0.1, 0.15) is 11.4 Å². The minimum absolute atomic E-state index is 0.145. The van der Waals surface area contributed by atoms with Gasteiger partial charge in [-0.2, -0.15) is 0 Å². The Morgan fingerprint density at radius 1 is 1.13 bits per heavy atom. The molecule has 0 bridgehead atoms. The molecule has 0 radical (unpaired) electrons. The van der Waals surface area contributed by atoms with Gasteiger partial charge in [0.2, 0.25) is 0 Å². The lowest BCUT2D eigenvalue weighted by molar-refractivity contribution is -0.122. The second-order valence-electron chi connectivity index (χ2n) is 4.89. The maximum atomic E-state index is 12.4. The number of hydrogen-bond acceptors (Lipinski definition) is 5. The Labute approximate surface area is 141 Å². The molecule has 1 aliphatic rings. The van der Waals surface area contributed by atoms with Crippen LogP contribution in [-0.2, 0) is 4.79 Å². The number of carbonyl (C=O) groups excluding carboxylic acids is 1. The average Bonchev–Trinajstić information content (AvgIpc) is 2.82. The molecule has 6 nitrogen and oxygen atoms in total. The fraction of sp³-hybridized carbons (Fsp3) is 0.375. The van der Waals surface area contributed by atoms with Crippen molar-refractivity contribution < 1.29 is 19.0 Å². The number of ether oxygens (including phenoxy) is 3. The maximum absolute atomic E-state index is 12.4. The molecular formula is C16H20N2O4S. The van der Waals surface area contributed by atoms with Crippen LogP contribution in [-0.4, -0.2) is 43.8 Å². The largest absolute Gasteiger partial charge is 0.496 e. The Bertz CT molecular complexity index is 658. The number of nitrogens with zero attached hydrogens (tertiary/aromatic N) is 1. The third kappa shape index (κ3) is 3.39. The first-order valence-corrected chi connectivity index (χ1v) is 7.61. The molecule has 1 aliphatic heterocycles. The van der Waals surface area contributed by atoms with Gasteiger partial charge in [0, 0.05) is 18.2 Å². The van der Waals surface area contributed by atoms with Crippen molar-refractivity contribution in [3.05, 3.63) is 23.4 Å². The number of rotatable bonds is 6. The Morgan fingerprint density at radius 2 is 1.74 bits per heavy atom. The van der Waals surface area contributed by atoms with Gasteiger partial charge in [0.25, 0.3) is 5.91 Å². The van der Waals surface area contributed by atoms with E-state index < -0.39 is 0 Å². The summed E-state index contributed by atoms with van der Waals surface area (Å²) in [4.78, 5) is 13.9. The first-order valence-electron chi connectivity index (χ1n) is 7.20. The molecule has 0 unspecified atom stereocenters. The Kier molecular flexibility index (Phi) is 5.44. The van der Waals surface area contributed by atoms with E-state index in [9.17, 15) is 4.79 Å². The molecule has 7 heteroatoms. The molecule has 1 N–H and O–H groups in total. The second-order valence-corrected chi connectivity index (χ2v) is 5.28. The maximum Gasteiger partial charge on any atom is 0.276 e. The summed E-state index contributed by atoms with van der Waals surface area (Å²) < 4.78 is 15.9. The van der Waals surface area contributed by atoms with Crippen LogP contribution in [0.5, 0.6) is 17.2 Å². The summed E-state index contributed by atoms with van der Waals surface area (Å²) in [7, 11) is 4.66. The lowest BCUT2D eigenvalue weighted by Crippen LogP contribution is -2.31. The molecule has 0 aliphatic carbocycles. The molecule has 1 heterocycles. The van der Waals surface area contributed by atoms with Crippen molar-refractivity contribution in [3.8, 4) is 17.2 Å². The van der Waals surface area contributed by atoms with Crippen molar-refractivity contribution in [2.45, 2.75) is 13.3 Å². The molecule has 1 aromatic carbocycles. The summed E-state index contributed by atoms with van der Waals surface area (Å²) in [6, 6.07) is 3.47. The molecule has 124 valence electrons. The van der Waals surface area contributed by atoms with E-state index in [1.807, 2.05) is 6.92 Å². The van der Waals surface area contributed by atoms with E-state index in [2.05, 4.69) is 5.32 Å². The number of thiocarbonyl (C=S) groups is 1. The first kappa shape index (κ1) is 17.1. The molecule has 2 rings (SSSR count). The monoisotopic (exact) mass is 336 g/mol. The number of carbonyl (C=O) groups is 1. The minimum atomic E-state index is -0.145. The van der Waals surface area contributed by atoms with Gasteiger partial charge in [-0.3, -0.25) is 9.69 Å². The molecule has 0 spiro atoms. The molecule has 1 fully saturated rings. The van der Waals surface area contributed by atoms with E-state index in [1.165, 1.54) is 0 Å². The number of nitrogens with one attached hydrogen (secondary N) is 1. The number of hydrogen-bond donors (Lipinski definition) is 1. The molecule has 1 amide bonds. The fourth-order valence-electron chi connectivity index (χ4n) is 2.32. The Morgan fingerprint density at radius 3 is 2.30 bits per heavy atom. The van der Waals surface area contributed by atoms with Crippen LogP contribution in [0.1, 0.15) is 18.9 Å². The molecule has 0 atom stereocenters. The van der Waals surface area contributed by atoms with E-state index >= 15 is 0 Å². The summed E-state index contributed by atoms with van der Waals surface area (Å²) in [5, 5.41) is 3.36. The van der Waals surface area contributed by atoms with Crippen LogP contribution in [0.15, 0.2) is 17.8 Å². The summed E-state index contributed by atoms with van der Waals surface area (Å²) in [6.45, 7) is 2.58. The molecule has 1 saturated heterocycles. The van der Waals surface area contributed by atoms with Crippen molar-refractivity contribution in [2.24, 2.45) is 0 Å². The average molecular weight is 336 g/mol. The topological polar surface area (TPSA) is 60.0 Å². The van der Waals surface area contributed by atoms with Gasteiger partial charge in [-0.1, -0.05) is 6.92 Å². The van der Waals surface area contributed by atoms with Crippen LogP contribution in [0.3, 0.4) is 0 Å². The van der Waals surface area contributed by atoms with E-state index in [1.54, 1.807) is 44.4 Å². The Hall–Kier alpha value is -2.28. The Balaban J connectivity index is 2.42. The quantitative estimate of drug-likeness (QED) is 0.635. The molecular weight excluding hydrogens is 316 g/mol.